The quantitative estimate of drug-likeness (QED) is 0.244. The molecule has 1 fully saturated rings. The Balaban J connectivity index is 1.04. The third-order valence-corrected chi connectivity index (χ3v) is 7.84. The first-order chi connectivity index (χ1) is 19.7. The van der Waals surface area contributed by atoms with Gasteiger partial charge >= 0.3 is 0 Å². The van der Waals surface area contributed by atoms with Gasteiger partial charge in [0.2, 0.25) is 11.2 Å². The first-order valence-electron chi connectivity index (χ1n) is 13.3. The van der Waals surface area contributed by atoms with Crippen LogP contribution in [0.4, 0.5) is 0 Å². The summed E-state index contributed by atoms with van der Waals surface area (Å²) in [5.74, 6) is 0.658. The number of aromatic nitrogens is 2. The average Bonchev–Trinajstić information content (AvgIpc) is 3.51. The molecular weight excluding hydrogens is 524 g/mol. The Morgan fingerprint density at radius 2 is 1.73 bits per heavy atom. The van der Waals surface area contributed by atoms with E-state index in [0.717, 1.165) is 42.2 Å². The monoisotopic (exact) mass is 552 g/mol. The van der Waals surface area contributed by atoms with Crippen molar-refractivity contribution < 1.29 is 13.9 Å². The fraction of sp³-hybridized carbons (Fsp3) is 0.226. The first kappa shape index (κ1) is 25.9. The summed E-state index contributed by atoms with van der Waals surface area (Å²) < 4.78 is 12.2. The first-order valence-corrected chi connectivity index (χ1v) is 14.2. The molecule has 4 heterocycles. The minimum Gasteiger partial charge on any atom is -0.486 e. The predicted octanol–water partition coefficient (Wildman–Crippen LogP) is 5.21. The standard InChI is InChI=1S/C31H28N4O4S/c36-27-24-11-4-5-12-26(24)39-28(22-8-2-1-3-9-22)29(27)38-19-7-14-34-15-17-35(18-16-34)31(37)25-21-40-30(33-25)23-10-6-13-32-20-23/h1-6,8-13,20-21H,7,14-19H2. The van der Waals surface area contributed by atoms with Crippen LogP contribution in [-0.2, 0) is 0 Å². The van der Waals surface area contributed by atoms with Gasteiger partial charge in [0, 0.05) is 61.6 Å². The van der Waals surface area contributed by atoms with Crippen molar-refractivity contribution in [3.8, 4) is 27.6 Å². The summed E-state index contributed by atoms with van der Waals surface area (Å²) in [5.41, 5.74) is 2.57. The number of piperazine rings is 1. The summed E-state index contributed by atoms with van der Waals surface area (Å²) in [4.78, 5) is 39.2. The van der Waals surface area contributed by atoms with Crippen molar-refractivity contribution in [3.05, 3.63) is 100 Å². The molecule has 8 nitrogen and oxygen atoms in total. The third kappa shape index (κ3) is 5.52. The molecule has 0 aliphatic carbocycles. The largest absolute Gasteiger partial charge is 0.486 e. The lowest BCUT2D eigenvalue weighted by atomic mass is 10.1. The molecule has 2 aromatic carbocycles. The Kier molecular flexibility index (Phi) is 7.65. The van der Waals surface area contributed by atoms with Crippen molar-refractivity contribution in [2.24, 2.45) is 0 Å². The second-order valence-corrected chi connectivity index (χ2v) is 10.4. The van der Waals surface area contributed by atoms with E-state index in [1.54, 1.807) is 24.5 Å². The van der Waals surface area contributed by atoms with E-state index in [1.165, 1.54) is 11.3 Å². The van der Waals surface area contributed by atoms with Crippen LogP contribution in [0.2, 0.25) is 0 Å². The molecule has 40 heavy (non-hydrogen) atoms. The zero-order valence-electron chi connectivity index (χ0n) is 21.9. The highest BCUT2D eigenvalue weighted by Gasteiger charge is 2.24. The molecule has 0 saturated carbocycles. The van der Waals surface area contributed by atoms with Crippen LogP contribution >= 0.6 is 11.3 Å². The van der Waals surface area contributed by atoms with Crippen molar-refractivity contribution in [2.75, 3.05) is 39.3 Å². The minimum absolute atomic E-state index is 0.0363. The zero-order chi connectivity index (χ0) is 27.3. The van der Waals surface area contributed by atoms with E-state index in [2.05, 4.69) is 14.9 Å². The van der Waals surface area contributed by atoms with Gasteiger partial charge in [0.05, 0.1) is 12.0 Å². The van der Waals surface area contributed by atoms with Crippen molar-refractivity contribution in [2.45, 2.75) is 6.42 Å². The van der Waals surface area contributed by atoms with Crippen LogP contribution in [0.15, 0.2) is 93.7 Å². The highest BCUT2D eigenvalue weighted by Crippen LogP contribution is 2.31. The number of hydrogen-bond donors (Lipinski definition) is 0. The molecule has 1 amide bonds. The number of fused-ring (bicyclic) bond motifs is 1. The number of amides is 1. The van der Waals surface area contributed by atoms with Crippen LogP contribution in [-0.4, -0.2) is 65.0 Å². The van der Waals surface area contributed by atoms with Gasteiger partial charge in [-0.15, -0.1) is 11.3 Å². The molecule has 0 atom stereocenters. The molecule has 9 heteroatoms. The number of ether oxygens (including phenoxy) is 1. The maximum Gasteiger partial charge on any atom is 0.273 e. The van der Waals surface area contributed by atoms with Crippen LogP contribution < -0.4 is 10.2 Å². The van der Waals surface area contributed by atoms with Crippen LogP contribution in [0, 0.1) is 0 Å². The molecular formula is C31H28N4O4S. The number of thiazole rings is 1. The highest BCUT2D eigenvalue weighted by molar-refractivity contribution is 7.13. The van der Waals surface area contributed by atoms with Crippen LogP contribution in [0.1, 0.15) is 16.9 Å². The summed E-state index contributed by atoms with van der Waals surface area (Å²) in [6.45, 7) is 4.04. The van der Waals surface area contributed by atoms with Crippen molar-refractivity contribution >= 4 is 28.2 Å². The maximum absolute atomic E-state index is 13.3. The molecule has 202 valence electrons. The van der Waals surface area contributed by atoms with E-state index in [-0.39, 0.29) is 17.1 Å². The lowest BCUT2D eigenvalue weighted by molar-refractivity contribution is 0.0626. The van der Waals surface area contributed by atoms with Crippen LogP contribution in [0.25, 0.3) is 32.9 Å². The number of nitrogens with zero attached hydrogens (tertiary/aromatic N) is 4. The molecule has 6 rings (SSSR count). The fourth-order valence-electron chi connectivity index (χ4n) is 4.83. The van der Waals surface area contributed by atoms with Gasteiger partial charge in [0.15, 0.2) is 5.76 Å². The van der Waals surface area contributed by atoms with Gasteiger partial charge in [-0.2, -0.15) is 0 Å². The zero-order valence-corrected chi connectivity index (χ0v) is 22.7. The van der Waals surface area contributed by atoms with Gasteiger partial charge in [0.25, 0.3) is 5.91 Å². The Bertz CT molecular complexity index is 1660. The second kappa shape index (κ2) is 11.8. The molecule has 0 unspecified atom stereocenters. The van der Waals surface area contributed by atoms with Crippen molar-refractivity contribution in [3.63, 3.8) is 0 Å². The summed E-state index contributed by atoms with van der Waals surface area (Å²) in [6, 6.07) is 20.6. The number of pyridine rings is 1. The lowest BCUT2D eigenvalue weighted by Gasteiger charge is -2.34. The predicted molar refractivity (Wildman–Crippen MR) is 156 cm³/mol. The Hall–Kier alpha value is -4.34. The summed E-state index contributed by atoms with van der Waals surface area (Å²) in [5, 5.41) is 3.12. The highest BCUT2D eigenvalue weighted by atomic mass is 32.1. The molecule has 1 saturated heterocycles. The van der Waals surface area contributed by atoms with E-state index >= 15 is 0 Å². The summed E-state index contributed by atoms with van der Waals surface area (Å²) in [6.07, 6.45) is 4.22. The van der Waals surface area contributed by atoms with Gasteiger partial charge in [-0.05, 0) is 30.7 Å². The topological polar surface area (TPSA) is 88.8 Å². The number of carbonyl (C=O) groups is 1. The average molecular weight is 553 g/mol. The Morgan fingerprint density at radius 3 is 2.52 bits per heavy atom. The Labute approximate surface area is 235 Å². The van der Waals surface area contributed by atoms with E-state index in [4.69, 9.17) is 9.15 Å². The fourth-order valence-corrected chi connectivity index (χ4v) is 5.61. The molecule has 1 aliphatic heterocycles. The number of carbonyl (C=O) groups excluding carboxylic acids is 1. The van der Waals surface area contributed by atoms with Crippen molar-refractivity contribution in [1.29, 1.82) is 0 Å². The Morgan fingerprint density at radius 1 is 0.950 bits per heavy atom. The molecule has 0 N–H and O–H groups in total. The van der Waals surface area contributed by atoms with Gasteiger partial charge in [-0.3, -0.25) is 19.5 Å². The van der Waals surface area contributed by atoms with E-state index < -0.39 is 0 Å². The third-order valence-electron chi connectivity index (χ3n) is 6.95. The summed E-state index contributed by atoms with van der Waals surface area (Å²) >= 11 is 1.46. The molecule has 0 bridgehead atoms. The second-order valence-electron chi connectivity index (χ2n) is 9.57. The van der Waals surface area contributed by atoms with Gasteiger partial charge in [0.1, 0.15) is 16.3 Å². The van der Waals surface area contributed by atoms with E-state index in [9.17, 15) is 9.59 Å². The summed E-state index contributed by atoms with van der Waals surface area (Å²) in [7, 11) is 0. The molecule has 0 radical (unpaired) electrons. The molecule has 1 aliphatic rings. The number of para-hydroxylation sites is 1. The molecule has 0 spiro atoms. The van der Waals surface area contributed by atoms with Crippen molar-refractivity contribution in [1.82, 2.24) is 19.8 Å². The molecule has 5 aromatic rings. The number of rotatable bonds is 8. The minimum atomic E-state index is -0.165. The lowest BCUT2D eigenvalue weighted by Crippen LogP contribution is -2.49. The van der Waals surface area contributed by atoms with Crippen LogP contribution in [0.3, 0.4) is 0 Å². The molecule has 3 aromatic heterocycles. The number of benzene rings is 2. The van der Waals surface area contributed by atoms with Crippen LogP contribution in [0.5, 0.6) is 5.75 Å². The van der Waals surface area contributed by atoms with E-state index in [1.807, 2.05) is 64.9 Å². The van der Waals surface area contributed by atoms with Gasteiger partial charge < -0.3 is 14.1 Å². The number of hydrogen-bond acceptors (Lipinski definition) is 8. The van der Waals surface area contributed by atoms with Gasteiger partial charge in [-0.1, -0.05) is 42.5 Å². The van der Waals surface area contributed by atoms with Gasteiger partial charge in [-0.25, -0.2) is 4.98 Å². The normalized spacial score (nSPS) is 13.9. The smallest absolute Gasteiger partial charge is 0.273 e. The SMILES string of the molecule is O=C(c1csc(-c2cccnc2)n1)N1CCN(CCCOc2c(-c3ccccc3)oc3ccccc3c2=O)CC1. The van der Waals surface area contributed by atoms with E-state index in [0.29, 0.717) is 42.1 Å². The maximum atomic E-state index is 13.3.